The number of ether oxygens (including phenoxy) is 1. The molecular formula is C11H16N2O4S. The number of hydrogen-bond acceptors (Lipinski definition) is 5. The van der Waals surface area contributed by atoms with E-state index in [-0.39, 0.29) is 0 Å². The summed E-state index contributed by atoms with van der Waals surface area (Å²) in [7, 11) is 0. The van der Waals surface area contributed by atoms with Gasteiger partial charge in [0.05, 0.1) is 5.00 Å². The Morgan fingerprint density at radius 1 is 1.50 bits per heavy atom. The zero-order valence-electron chi connectivity index (χ0n) is 10.4. The van der Waals surface area contributed by atoms with Crippen molar-refractivity contribution >= 4 is 28.4 Å². The smallest absolute Gasteiger partial charge is 0.408 e. The lowest BCUT2D eigenvalue weighted by Crippen LogP contribution is -2.37. The van der Waals surface area contributed by atoms with E-state index in [2.05, 4.69) is 5.32 Å². The molecule has 1 atom stereocenters. The maximum atomic E-state index is 11.5. The van der Waals surface area contributed by atoms with E-state index in [1.54, 1.807) is 26.2 Å². The Morgan fingerprint density at radius 3 is 2.50 bits per heavy atom. The number of aliphatic carboxylic acids is 1. The van der Waals surface area contributed by atoms with Gasteiger partial charge >= 0.3 is 12.1 Å². The molecule has 1 heterocycles. The molecule has 1 rings (SSSR count). The summed E-state index contributed by atoms with van der Waals surface area (Å²) in [6.07, 6.45) is -0.778. The number of amides is 1. The van der Waals surface area contributed by atoms with Crippen molar-refractivity contribution in [2.45, 2.75) is 32.4 Å². The lowest BCUT2D eigenvalue weighted by molar-refractivity contribution is -0.139. The number of rotatable bonds is 3. The molecule has 0 spiro atoms. The van der Waals surface area contributed by atoms with Gasteiger partial charge in [0.25, 0.3) is 0 Å². The van der Waals surface area contributed by atoms with Crippen molar-refractivity contribution in [1.82, 2.24) is 5.32 Å². The first-order chi connectivity index (χ1) is 8.19. The molecule has 0 fully saturated rings. The van der Waals surface area contributed by atoms with E-state index >= 15 is 0 Å². The van der Waals surface area contributed by atoms with Gasteiger partial charge < -0.3 is 20.9 Å². The van der Waals surface area contributed by atoms with Crippen LogP contribution in [0.2, 0.25) is 0 Å². The van der Waals surface area contributed by atoms with Gasteiger partial charge in [-0.3, -0.25) is 0 Å². The van der Waals surface area contributed by atoms with Crippen molar-refractivity contribution in [1.29, 1.82) is 0 Å². The third kappa shape index (κ3) is 4.25. The Morgan fingerprint density at radius 2 is 2.11 bits per heavy atom. The molecule has 0 radical (unpaired) electrons. The second-order valence-electron chi connectivity index (χ2n) is 4.70. The molecule has 0 aliphatic heterocycles. The normalized spacial score (nSPS) is 12.8. The van der Waals surface area contributed by atoms with E-state index in [4.69, 9.17) is 15.6 Å². The zero-order chi connectivity index (χ0) is 13.9. The minimum Gasteiger partial charge on any atom is -0.479 e. The van der Waals surface area contributed by atoms with Crippen LogP contribution in [0.1, 0.15) is 32.4 Å². The molecule has 0 aliphatic carbocycles. The molecule has 0 saturated heterocycles. The summed E-state index contributed by atoms with van der Waals surface area (Å²) in [4.78, 5) is 22.6. The Labute approximate surface area is 109 Å². The van der Waals surface area contributed by atoms with Crippen LogP contribution < -0.4 is 11.1 Å². The first-order valence-electron chi connectivity index (χ1n) is 5.25. The molecule has 4 N–H and O–H groups in total. The highest BCUT2D eigenvalue weighted by atomic mass is 32.1. The predicted octanol–water partition coefficient (Wildman–Crippen LogP) is 1.98. The monoisotopic (exact) mass is 272 g/mol. The van der Waals surface area contributed by atoms with E-state index in [1.165, 1.54) is 17.4 Å². The molecule has 0 bridgehead atoms. The van der Waals surface area contributed by atoms with Gasteiger partial charge in [-0.15, -0.1) is 11.3 Å². The summed E-state index contributed by atoms with van der Waals surface area (Å²) in [5, 5.41) is 13.4. The van der Waals surface area contributed by atoms with Crippen LogP contribution in [0.4, 0.5) is 9.80 Å². The highest BCUT2D eigenvalue weighted by Crippen LogP contribution is 2.23. The fraction of sp³-hybridized carbons (Fsp3) is 0.455. The SMILES string of the molecule is CC(C)(C)OC(=O)NC(C(=O)O)c1csc(N)c1. The molecule has 1 amide bonds. The number of nitrogens with one attached hydrogen (secondary N) is 1. The summed E-state index contributed by atoms with van der Waals surface area (Å²) in [5.41, 5.74) is 5.28. The van der Waals surface area contributed by atoms with Crippen molar-refractivity contribution < 1.29 is 19.4 Å². The van der Waals surface area contributed by atoms with Gasteiger partial charge in [0, 0.05) is 0 Å². The van der Waals surface area contributed by atoms with Crippen molar-refractivity contribution in [3.8, 4) is 0 Å². The van der Waals surface area contributed by atoms with Gasteiger partial charge in [-0.05, 0) is 37.8 Å². The number of carboxylic acids is 1. The average Bonchev–Trinajstić information content (AvgIpc) is 2.57. The third-order valence-corrected chi connectivity index (χ3v) is 2.66. The van der Waals surface area contributed by atoms with Crippen molar-refractivity contribution in [3.63, 3.8) is 0 Å². The topological polar surface area (TPSA) is 102 Å². The molecule has 0 aromatic carbocycles. The van der Waals surface area contributed by atoms with Crippen molar-refractivity contribution in [2.75, 3.05) is 5.73 Å². The van der Waals surface area contributed by atoms with Gasteiger partial charge in [-0.2, -0.15) is 0 Å². The summed E-state index contributed by atoms with van der Waals surface area (Å²) in [5.74, 6) is -1.17. The van der Waals surface area contributed by atoms with E-state index in [9.17, 15) is 9.59 Å². The molecule has 0 aliphatic rings. The number of carboxylic acid groups (broad SMARTS) is 1. The van der Waals surface area contributed by atoms with Crippen LogP contribution in [0.3, 0.4) is 0 Å². The summed E-state index contributed by atoms with van der Waals surface area (Å²) >= 11 is 1.21. The largest absolute Gasteiger partial charge is 0.479 e. The molecule has 1 aromatic rings. The minimum atomic E-state index is -1.17. The highest BCUT2D eigenvalue weighted by Gasteiger charge is 2.26. The van der Waals surface area contributed by atoms with Gasteiger partial charge in [-0.25, -0.2) is 9.59 Å². The van der Waals surface area contributed by atoms with E-state index in [0.717, 1.165) is 0 Å². The molecule has 100 valence electrons. The predicted molar refractivity (Wildman–Crippen MR) is 68.5 cm³/mol. The standard InChI is InChI=1S/C11H16N2O4S/c1-11(2,3)17-10(16)13-8(9(14)15)6-4-7(12)18-5-6/h4-5,8H,12H2,1-3H3,(H,13,16)(H,14,15). The molecule has 18 heavy (non-hydrogen) atoms. The van der Waals surface area contributed by atoms with Crippen LogP contribution in [0, 0.1) is 0 Å². The van der Waals surface area contributed by atoms with Crippen LogP contribution in [0.25, 0.3) is 0 Å². The van der Waals surface area contributed by atoms with Gasteiger partial charge in [0.2, 0.25) is 0 Å². The van der Waals surface area contributed by atoms with Gasteiger partial charge in [-0.1, -0.05) is 0 Å². The maximum absolute atomic E-state index is 11.5. The van der Waals surface area contributed by atoms with E-state index < -0.39 is 23.7 Å². The lowest BCUT2D eigenvalue weighted by atomic mass is 10.1. The maximum Gasteiger partial charge on any atom is 0.408 e. The number of carbonyl (C=O) groups is 2. The number of alkyl carbamates (subject to hydrolysis) is 1. The van der Waals surface area contributed by atoms with Gasteiger partial charge in [0.1, 0.15) is 5.60 Å². The number of nitrogen functional groups attached to an aromatic ring is 1. The second-order valence-corrected chi connectivity index (χ2v) is 5.64. The average molecular weight is 272 g/mol. The first-order valence-corrected chi connectivity index (χ1v) is 6.13. The Bertz CT molecular complexity index is 450. The van der Waals surface area contributed by atoms with Crippen LogP contribution in [0.5, 0.6) is 0 Å². The number of nitrogens with two attached hydrogens (primary N) is 1. The minimum absolute atomic E-state index is 0.427. The summed E-state index contributed by atoms with van der Waals surface area (Å²) in [6, 6.07) is 0.356. The molecule has 7 heteroatoms. The van der Waals surface area contributed by atoms with E-state index in [1.807, 2.05) is 0 Å². The number of carbonyl (C=O) groups excluding carboxylic acids is 1. The summed E-state index contributed by atoms with van der Waals surface area (Å²) in [6.45, 7) is 5.10. The molecule has 1 unspecified atom stereocenters. The number of anilines is 1. The van der Waals surface area contributed by atoms with Crippen molar-refractivity contribution in [2.24, 2.45) is 0 Å². The first kappa shape index (κ1) is 14.3. The third-order valence-electron chi connectivity index (χ3n) is 1.88. The number of thiophene rings is 1. The van der Waals surface area contributed by atoms with E-state index in [0.29, 0.717) is 10.6 Å². The fourth-order valence-electron chi connectivity index (χ4n) is 1.23. The molecule has 0 saturated carbocycles. The molecule has 6 nitrogen and oxygen atoms in total. The van der Waals surface area contributed by atoms with Crippen LogP contribution in [-0.4, -0.2) is 22.8 Å². The number of hydrogen-bond donors (Lipinski definition) is 3. The van der Waals surface area contributed by atoms with Crippen molar-refractivity contribution in [3.05, 3.63) is 17.0 Å². The fourth-order valence-corrected chi connectivity index (χ4v) is 1.91. The van der Waals surface area contributed by atoms with Crippen LogP contribution in [0.15, 0.2) is 11.4 Å². The van der Waals surface area contributed by atoms with Gasteiger partial charge in [0.15, 0.2) is 6.04 Å². The second kappa shape index (κ2) is 5.26. The molecular weight excluding hydrogens is 256 g/mol. The lowest BCUT2D eigenvalue weighted by Gasteiger charge is -2.21. The molecule has 1 aromatic heterocycles. The quantitative estimate of drug-likeness (QED) is 0.781. The zero-order valence-corrected chi connectivity index (χ0v) is 11.2. The summed E-state index contributed by atoms with van der Waals surface area (Å²) < 4.78 is 5.01. The Balaban J connectivity index is 2.76. The Hall–Kier alpha value is -1.76. The Kier molecular flexibility index (Phi) is 4.18. The van der Waals surface area contributed by atoms with Crippen LogP contribution >= 0.6 is 11.3 Å². The highest BCUT2D eigenvalue weighted by molar-refractivity contribution is 7.14. The van der Waals surface area contributed by atoms with Crippen LogP contribution in [-0.2, 0) is 9.53 Å².